The Morgan fingerprint density at radius 2 is 1.64 bits per heavy atom. The number of aromatic nitrogens is 1. The molecule has 0 fully saturated rings. The van der Waals surface area contributed by atoms with E-state index in [2.05, 4.69) is 10.3 Å². The lowest BCUT2D eigenvalue weighted by Gasteiger charge is -2.09. The lowest BCUT2D eigenvalue weighted by molar-refractivity contribution is 0.0947. The van der Waals surface area contributed by atoms with Gasteiger partial charge in [-0.1, -0.05) is 54.6 Å². The summed E-state index contributed by atoms with van der Waals surface area (Å²) in [5.41, 5.74) is 2.44. The van der Waals surface area contributed by atoms with Crippen LogP contribution in [0, 0.1) is 5.82 Å². The van der Waals surface area contributed by atoms with E-state index >= 15 is 0 Å². The van der Waals surface area contributed by atoms with Crippen molar-refractivity contribution in [2.75, 3.05) is 0 Å². The number of para-hydroxylation sites is 1. The summed E-state index contributed by atoms with van der Waals surface area (Å²) in [7, 11) is 0. The summed E-state index contributed by atoms with van der Waals surface area (Å²) >= 11 is 0. The fraction of sp³-hybridized carbons (Fsp3) is 0.0435. The van der Waals surface area contributed by atoms with Crippen LogP contribution in [0.2, 0.25) is 0 Å². The summed E-state index contributed by atoms with van der Waals surface area (Å²) in [4.78, 5) is 27.5. The first-order chi connectivity index (χ1) is 13.6. The first-order valence-corrected chi connectivity index (χ1v) is 8.86. The number of pyridine rings is 1. The van der Waals surface area contributed by atoms with Crippen LogP contribution in [-0.4, -0.2) is 10.9 Å². The van der Waals surface area contributed by atoms with Gasteiger partial charge in [0.2, 0.25) is 0 Å². The fourth-order valence-electron chi connectivity index (χ4n) is 3.10. The Morgan fingerprint density at radius 1 is 0.893 bits per heavy atom. The molecule has 0 aliphatic rings. The van der Waals surface area contributed by atoms with E-state index in [1.54, 1.807) is 12.1 Å². The molecule has 0 unspecified atom stereocenters. The minimum atomic E-state index is -0.607. The van der Waals surface area contributed by atoms with E-state index in [0.29, 0.717) is 5.56 Å². The molecule has 4 nitrogen and oxygen atoms in total. The van der Waals surface area contributed by atoms with Crippen molar-refractivity contribution >= 4 is 16.8 Å². The standard InChI is InChI=1S/C23H17FN2O2/c24-20-11-10-16(15-6-2-1-3-7-15)13-19(20)23(28)25-14-18-12-17-8-4-5-9-21(17)26-22(18)27/h1-13H,14H2,(H,25,28)(H,26,27). The number of amides is 1. The van der Waals surface area contributed by atoms with E-state index in [1.807, 2.05) is 54.6 Å². The lowest BCUT2D eigenvalue weighted by atomic mass is 10.0. The van der Waals surface area contributed by atoms with Crippen molar-refractivity contribution in [2.45, 2.75) is 6.54 Å². The lowest BCUT2D eigenvalue weighted by Crippen LogP contribution is -2.27. The molecule has 0 aliphatic heterocycles. The van der Waals surface area contributed by atoms with Gasteiger partial charge in [-0.05, 0) is 40.8 Å². The van der Waals surface area contributed by atoms with E-state index in [0.717, 1.165) is 22.0 Å². The van der Waals surface area contributed by atoms with Crippen LogP contribution in [0.3, 0.4) is 0 Å². The van der Waals surface area contributed by atoms with Crippen LogP contribution in [-0.2, 0) is 6.54 Å². The average Bonchev–Trinajstić information content (AvgIpc) is 2.73. The quantitative estimate of drug-likeness (QED) is 0.562. The molecule has 0 aliphatic carbocycles. The smallest absolute Gasteiger partial charge is 0.254 e. The van der Waals surface area contributed by atoms with Crippen LogP contribution < -0.4 is 10.9 Å². The van der Waals surface area contributed by atoms with Gasteiger partial charge >= 0.3 is 0 Å². The molecule has 0 bridgehead atoms. The highest BCUT2D eigenvalue weighted by Crippen LogP contribution is 2.22. The van der Waals surface area contributed by atoms with Crippen LogP contribution in [0.4, 0.5) is 4.39 Å². The van der Waals surface area contributed by atoms with Gasteiger partial charge in [-0.25, -0.2) is 4.39 Å². The van der Waals surface area contributed by atoms with Crippen LogP contribution in [0.15, 0.2) is 83.7 Å². The van der Waals surface area contributed by atoms with E-state index in [-0.39, 0.29) is 17.7 Å². The maximum atomic E-state index is 14.2. The van der Waals surface area contributed by atoms with Crippen molar-refractivity contribution in [1.29, 1.82) is 0 Å². The fourth-order valence-corrected chi connectivity index (χ4v) is 3.10. The van der Waals surface area contributed by atoms with Crippen molar-refractivity contribution < 1.29 is 9.18 Å². The maximum absolute atomic E-state index is 14.2. The average molecular weight is 372 g/mol. The molecule has 1 aromatic heterocycles. The first kappa shape index (κ1) is 17.7. The summed E-state index contributed by atoms with van der Waals surface area (Å²) < 4.78 is 14.2. The molecule has 1 heterocycles. The molecule has 5 heteroatoms. The molecule has 0 saturated carbocycles. The van der Waals surface area contributed by atoms with Gasteiger partial charge in [0.15, 0.2) is 0 Å². The molecule has 4 rings (SSSR count). The highest BCUT2D eigenvalue weighted by molar-refractivity contribution is 5.95. The van der Waals surface area contributed by atoms with Crippen molar-refractivity contribution in [3.05, 3.63) is 106 Å². The largest absolute Gasteiger partial charge is 0.348 e. The molecular weight excluding hydrogens is 355 g/mol. The summed E-state index contributed by atoms with van der Waals surface area (Å²) in [5, 5.41) is 3.51. The topological polar surface area (TPSA) is 62.0 Å². The molecule has 0 saturated heterocycles. The molecule has 28 heavy (non-hydrogen) atoms. The van der Waals surface area contributed by atoms with Crippen molar-refractivity contribution in [1.82, 2.24) is 10.3 Å². The number of aromatic amines is 1. The molecule has 4 aromatic rings. The molecule has 138 valence electrons. The number of carbonyl (C=O) groups is 1. The second kappa shape index (κ2) is 7.48. The van der Waals surface area contributed by atoms with Gasteiger partial charge in [0.25, 0.3) is 11.5 Å². The van der Waals surface area contributed by atoms with Crippen molar-refractivity contribution in [2.24, 2.45) is 0 Å². The molecule has 2 N–H and O–H groups in total. The third kappa shape index (κ3) is 3.55. The Balaban J connectivity index is 1.57. The minimum absolute atomic E-state index is 0.00794. The van der Waals surface area contributed by atoms with Crippen molar-refractivity contribution in [3.63, 3.8) is 0 Å². The molecule has 3 aromatic carbocycles. The van der Waals surface area contributed by atoms with Gasteiger partial charge in [0.05, 0.1) is 5.56 Å². The van der Waals surface area contributed by atoms with E-state index < -0.39 is 11.7 Å². The normalized spacial score (nSPS) is 10.8. The molecule has 0 spiro atoms. The predicted molar refractivity (Wildman–Crippen MR) is 108 cm³/mol. The SMILES string of the molecule is O=C(NCc1cc2ccccc2[nH]c1=O)c1cc(-c2ccccc2)ccc1F. The number of fused-ring (bicyclic) bond motifs is 1. The van der Waals surface area contributed by atoms with Gasteiger partial charge < -0.3 is 10.3 Å². The first-order valence-electron chi connectivity index (χ1n) is 8.86. The van der Waals surface area contributed by atoms with Gasteiger partial charge in [0.1, 0.15) is 5.82 Å². The number of hydrogen-bond acceptors (Lipinski definition) is 2. The highest BCUT2D eigenvalue weighted by Gasteiger charge is 2.14. The Hall–Kier alpha value is -3.73. The number of H-pyrrole nitrogens is 1. The van der Waals surface area contributed by atoms with Crippen molar-refractivity contribution in [3.8, 4) is 11.1 Å². The van der Waals surface area contributed by atoms with Crippen LogP contribution in [0.25, 0.3) is 22.0 Å². The number of halogens is 1. The second-order valence-corrected chi connectivity index (χ2v) is 6.45. The van der Waals surface area contributed by atoms with Crippen LogP contribution in [0.1, 0.15) is 15.9 Å². The Kier molecular flexibility index (Phi) is 4.72. The maximum Gasteiger partial charge on any atom is 0.254 e. The third-order valence-corrected chi connectivity index (χ3v) is 4.59. The zero-order valence-corrected chi connectivity index (χ0v) is 14.9. The number of hydrogen-bond donors (Lipinski definition) is 2. The number of carbonyl (C=O) groups excluding carboxylic acids is 1. The summed E-state index contributed by atoms with van der Waals surface area (Å²) in [5.74, 6) is -1.17. The minimum Gasteiger partial charge on any atom is -0.348 e. The van der Waals surface area contributed by atoms with E-state index in [4.69, 9.17) is 0 Å². The molecule has 1 amide bonds. The third-order valence-electron chi connectivity index (χ3n) is 4.59. The number of nitrogens with one attached hydrogen (secondary N) is 2. The molecule has 0 radical (unpaired) electrons. The Morgan fingerprint density at radius 3 is 2.46 bits per heavy atom. The summed E-state index contributed by atoms with van der Waals surface area (Å²) in [6.45, 7) is 0.00794. The van der Waals surface area contributed by atoms with Crippen LogP contribution >= 0.6 is 0 Å². The van der Waals surface area contributed by atoms with Gasteiger partial charge in [-0.3, -0.25) is 9.59 Å². The van der Waals surface area contributed by atoms with Gasteiger partial charge in [0, 0.05) is 17.6 Å². The highest BCUT2D eigenvalue weighted by atomic mass is 19.1. The number of benzene rings is 3. The zero-order valence-electron chi connectivity index (χ0n) is 14.9. The van der Waals surface area contributed by atoms with Gasteiger partial charge in [-0.2, -0.15) is 0 Å². The van der Waals surface area contributed by atoms with Crippen LogP contribution in [0.5, 0.6) is 0 Å². The van der Waals surface area contributed by atoms with E-state index in [1.165, 1.54) is 12.1 Å². The number of rotatable bonds is 4. The molecule has 0 atom stereocenters. The van der Waals surface area contributed by atoms with E-state index in [9.17, 15) is 14.0 Å². The Bertz CT molecular complexity index is 1220. The monoisotopic (exact) mass is 372 g/mol. The molecular formula is C23H17FN2O2. The predicted octanol–water partition coefficient (Wildman–Crippen LogP) is 4.26. The summed E-state index contributed by atoms with van der Waals surface area (Å²) in [6, 6.07) is 23.0. The zero-order chi connectivity index (χ0) is 19.5. The summed E-state index contributed by atoms with van der Waals surface area (Å²) in [6.07, 6.45) is 0. The van der Waals surface area contributed by atoms with Gasteiger partial charge in [-0.15, -0.1) is 0 Å². The second-order valence-electron chi connectivity index (χ2n) is 6.45. The Labute approximate surface area is 160 Å².